The number of esters is 4. The van der Waals surface area contributed by atoms with E-state index in [9.17, 15) is 43.2 Å². The molecule has 0 aliphatic heterocycles. The molecule has 0 aromatic rings. The van der Waals surface area contributed by atoms with Gasteiger partial charge in [-0.15, -0.1) is 0 Å². The van der Waals surface area contributed by atoms with Crippen molar-refractivity contribution in [3.05, 3.63) is 0 Å². The van der Waals surface area contributed by atoms with E-state index in [0.717, 1.165) is 102 Å². The van der Waals surface area contributed by atoms with Crippen molar-refractivity contribution in [2.24, 2.45) is 11.8 Å². The molecule has 3 N–H and O–H groups in total. The summed E-state index contributed by atoms with van der Waals surface area (Å²) in [5.74, 6) is -0.540. The Morgan fingerprint density at radius 1 is 0.273 bits per heavy atom. The van der Waals surface area contributed by atoms with Crippen LogP contribution >= 0.6 is 15.6 Å². The SMILES string of the molecule is CCCCCCCCCCCCCCCCCCC(=O)OC[C@H](COP(=O)(O)OC[C@@H](O)COP(=O)(O)OC[C@@H](COC(=O)CCCCCCCCCCCCC)OC(=O)CCCCCCCCCCCCCC(C)C)OC(=O)CCCCCCCCCCCCCCCCCC(C)C. The van der Waals surface area contributed by atoms with Gasteiger partial charge >= 0.3 is 39.5 Å². The highest BCUT2D eigenvalue weighted by atomic mass is 31.2. The number of aliphatic hydroxyl groups excluding tert-OH is 1. The van der Waals surface area contributed by atoms with Crippen LogP contribution < -0.4 is 0 Å². The third-order valence-corrected chi connectivity index (χ3v) is 20.6. The van der Waals surface area contributed by atoms with Crippen LogP contribution in [0, 0.1) is 11.8 Å². The minimum atomic E-state index is -4.96. The molecule has 0 heterocycles. The molecule has 2 unspecified atom stereocenters. The van der Waals surface area contributed by atoms with E-state index in [1.165, 1.54) is 238 Å². The number of phosphoric acid groups is 2. The normalized spacial score (nSPS) is 13.9. The van der Waals surface area contributed by atoms with Crippen LogP contribution in [0.2, 0.25) is 0 Å². The Bertz CT molecular complexity index is 1910. The zero-order chi connectivity index (χ0) is 72.8. The maximum absolute atomic E-state index is 13.1. The van der Waals surface area contributed by atoms with E-state index in [-0.39, 0.29) is 25.7 Å². The average Bonchev–Trinajstić information content (AvgIpc) is 1.01. The van der Waals surface area contributed by atoms with Crippen LogP contribution in [0.1, 0.15) is 420 Å². The van der Waals surface area contributed by atoms with Crippen LogP contribution in [0.15, 0.2) is 0 Å². The molecule has 99 heavy (non-hydrogen) atoms. The molecule has 588 valence electrons. The maximum atomic E-state index is 13.1. The lowest BCUT2D eigenvalue weighted by molar-refractivity contribution is -0.161. The number of carbonyl (C=O) groups excluding carboxylic acids is 4. The summed E-state index contributed by atoms with van der Waals surface area (Å²) >= 11 is 0. The molecular weight excluding hydrogens is 1290 g/mol. The molecule has 17 nitrogen and oxygen atoms in total. The second-order valence-corrected chi connectivity index (χ2v) is 32.7. The van der Waals surface area contributed by atoms with Gasteiger partial charge in [0.2, 0.25) is 0 Å². The predicted molar refractivity (Wildman–Crippen MR) is 405 cm³/mol. The Hall–Kier alpha value is -1.94. The fraction of sp³-hybridized carbons (Fsp3) is 0.950. The minimum absolute atomic E-state index is 0.107. The molecule has 0 saturated heterocycles. The van der Waals surface area contributed by atoms with Gasteiger partial charge < -0.3 is 33.8 Å². The van der Waals surface area contributed by atoms with Crippen LogP contribution in [0.25, 0.3) is 0 Å². The number of carbonyl (C=O) groups is 4. The van der Waals surface area contributed by atoms with E-state index in [1.54, 1.807) is 0 Å². The third kappa shape index (κ3) is 74.1. The lowest BCUT2D eigenvalue weighted by Crippen LogP contribution is -2.30. The van der Waals surface area contributed by atoms with E-state index in [4.69, 9.17) is 37.0 Å². The number of unbranched alkanes of at least 4 members (excludes halogenated alkanes) is 49. The predicted octanol–water partition coefficient (Wildman–Crippen LogP) is 23.9. The van der Waals surface area contributed by atoms with Crippen molar-refractivity contribution in [1.29, 1.82) is 0 Å². The molecule has 0 amide bonds. The van der Waals surface area contributed by atoms with Gasteiger partial charge in [0, 0.05) is 25.7 Å². The Balaban J connectivity index is 5.25. The summed E-state index contributed by atoms with van der Waals surface area (Å²) in [4.78, 5) is 73.0. The highest BCUT2D eigenvalue weighted by molar-refractivity contribution is 7.47. The van der Waals surface area contributed by atoms with Gasteiger partial charge in [-0.05, 0) is 37.5 Å². The van der Waals surface area contributed by atoms with Crippen molar-refractivity contribution in [3.63, 3.8) is 0 Å². The van der Waals surface area contributed by atoms with Crippen LogP contribution in [0.4, 0.5) is 0 Å². The molecule has 0 bridgehead atoms. The molecule has 0 fully saturated rings. The van der Waals surface area contributed by atoms with Gasteiger partial charge in [0.25, 0.3) is 0 Å². The standard InChI is InChI=1S/C80H156O17P2/c1-7-9-11-13-15-17-19-20-21-24-27-33-39-45-51-57-63-78(83)91-69-76(96-79(84)64-58-52-46-40-34-28-25-22-23-26-31-36-42-48-54-60-72(3)4)71-95-99(88,89)93-67-74(81)66-92-98(86,87)94-70-75(68-90-77(82)62-56-50-44-38-30-18-16-14-12-10-8-2)97-80(85)65-59-53-47-41-35-29-32-37-43-49-55-61-73(5)6/h72-76,81H,7-71H2,1-6H3,(H,86,87)(H,88,89)/t74-,75+,76+/m0/s1. The summed E-state index contributed by atoms with van der Waals surface area (Å²) in [5, 5.41) is 10.6. The summed E-state index contributed by atoms with van der Waals surface area (Å²) in [6, 6.07) is 0. The van der Waals surface area contributed by atoms with Gasteiger partial charge in [-0.1, -0.05) is 369 Å². The number of rotatable bonds is 79. The molecule has 0 rings (SSSR count). The van der Waals surface area contributed by atoms with Gasteiger partial charge in [0.05, 0.1) is 26.4 Å². The summed E-state index contributed by atoms with van der Waals surface area (Å²) in [7, 11) is -9.92. The van der Waals surface area contributed by atoms with E-state index >= 15 is 0 Å². The van der Waals surface area contributed by atoms with Gasteiger partial charge in [0.1, 0.15) is 19.3 Å². The molecule has 0 aromatic carbocycles. The van der Waals surface area contributed by atoms with Crippen LogP contribution in [-0.4, -0.2) is 96.7 Å². The molecule has 0 radical (unpaired) electrons. The van der Waals surface area contributed by atoms with Crippen molar-refractivity contribution in [1.82, 2.24) is 0 Å². The van der Waals surface area contributed by atoms with Gasteiger partial charge in [-0.25, -0.2) is 9.13 Å². The molecule has 0 spiro atoms. The second-order valence-electron chi connectivity index (χ2n) is 29.8. The lowest BCUT2D eigenvalue weighted by Gasteiger charge is -2.21. The van der Waals surface area contributed by atoms with Crippen LogP contribution in [0.5, 0.6) is 0 Å². The molecule has 5 atom stereocenters. The van der Waals surface area contributed by atoms with Crippen molar-refractivity contribution in [3.8, 4) is 0 Å². The molecule has 0 saturated carbocycles. The quantitative estimate of drug-likeness (QED) is 0.0222. The van der Waals surface area contributed by atoms with Crippen molar-refractivity contribution >= 4 is 39.5 Å². The fourth-order valence-electron chi connectivity index (χ4n) is 12.4. The maximum Gasteiger partial charge on any atom is 0.472 e. The monoisotopic (exact) mass is 1450 g/mol. The zero-order valence-electron chi connectivity index (χ0n) is 64.8. The average molecular weight is 1450 g/mol. The fourth-order valence-corrected chi connectivity index (χ4v) is 13.9. The number of phosphoric ester groups is 2. The molecule has 0 aliphatic carbocycles. The van der Waals surface area contributed by atoms with Crippen LogP contribution in [0.3, 0.4) is 0 Å². The Labute approximate surface area is 607 Å². The Morgan fingerprint density at radius 2 is 0.465 bits per heavy atom. The van der Waals surface area contributed by atoms with E-state index < -0.39 is 97.5 Å². The van der Waals surface area contributed by atoms with Crippen molar-refractivity contribution in [2.75, 3.05) is 39.6 Å². The first-order chi connectivity index (χ1) is 47.9. The highest BCUT2D eigenvalue weighted by Crippen LogP contribution is 2.45. The van der Waals surface area contributed by atoms with E-state index in [1.807, 2.05) is 0 Å². The number of hydrogen-bond donors (Lipinski definition) is 3. The Kier molecular flexibility index (Phi) is 70.3. The molecular formula is C80H156O17P2. The Morgan fingerprint density at radius 3 is 0.687 bits per heavy atom. The topological polar surface area (TPSA) is 237 Å². The van der Waals surface area contributed by atoms with E-state index in [0.29, 0.717) is 25.7 Å². The molecule has 0 aliphatic rings. The number of ether oxygens (including phenoxy) is 4. The summed E-state index contributed by atoms with van der Waals surface area (Å²) in [6.45, 7) is 9.66. The smallest absolute Gasteiger partial charge is 0.462 e. The lowest BCUT2D eigenvalue weighted by atomic mass is 10.0. The summed E-state index contributed by atoms with van der Waals surface area (Å²) in [5.41, 5.74) is 0. The first-order valence-corrected chi connectivity index (χ1v) is 44.5. The van der Waals surface area contributed by atoms with Gasteiger partial charge in [-0.2, -0.15) is 0 Å². The molecule has 0 aromatic heterocycles. The summed E-state index contributed by atoms with van der Waals surface area (Å²) < 4.78 is 68.7. The number of aliphatic hydroxyl groups is 1. The minimum Gasteiger partial charge on any atom is -0.462 e. The van der Waals surface area contributed by atoms with Gasteiger partial charge in [-0.3, -0.25) is 37.3 Å². The van der Waals surface area contributed by atoms with Crippen molar-refractivity contribution in [2.45, 2.75) is 439 Å². The van der Waals surface area contributed by atoms with Gasteiger partial charge in [0.15, 0.2) is 12.2 Å². The third-order valence-electron chi connectivity index (χ3n) is 18.7. The summed E-state index contributed by atoms with van der Waals surface area (Å²) in [6.07, 6.45) is 60.9. The van der Waals surface area contributed by atoms with Crippen LogP contribution in [-0.2, 0) is 65.4 Å². The van der Waals surface area contributed by atoms with Crippen molar-refractivity contribution < 1.29 is 80.2 Å². The van der Waals surface area contributed by atoms with E-state index in [2.05, 4.69) is 41.5 Å². The number of hydrogen-bond acceptors (Lipinski definition) is 15. The molecule has 19 heteroatoms. The second kappa shape index (κ2) is 71.7. The zero-order valence-corrected chi connectivity index (χ0v) is 66.6. The largest absolute Gasteiger partial charge is 0.472 e. The highest BCUT2D eigenvalue weighted by Gasteiger charge is 2.30. The first-order valence-electron chi connectivity index (χ1n) is 41.5. The first kappa shape index (κ1) is 97.1.